The molecule has 0 aliphatic carbocycles. The molecule has 1 aromatic rings. The molecule has 0 spiro atoms. The van der Waals surface area contributed by atoms with Crippen molar-refractivity contribution in [2.75, 3.05) is 0 Å². The van der Waals surface area contributed by atoms with Gasteiger partial charge in [0, 0.05) is 0 Å². The predicted molar refractivity (Wildman–Crippen MR) is 84.6 cm³/mol. The van der Waals surface area contributed by atoms with Crippen LogP contribution >= 0.6 is 0 Å². The molecule has 0 radical (unpaired) electrons. The van der Waals surface area contributed by atoms with Crippen LogP contribution in [0, 0.1) is 0 Å². The molecule has 0 aliphatic heterocycles. The second kappa shape index (κ2) is 5.59. The number of ketones is 1. The molecule has 0 saturated carbocycles. The third-order valence-corrected chi connectivity index (χ3v) is 3.52. The number of rotatable bonds is 3. The highest BCUT2D eigenvalue weighted by Gasteiger charge is 2.21. The fraction of sp³-hybridized carbons (Fsp3) is 0.611. The van der Waals surface area contributed by atoms with Crippen LogP contribution in [0.5, 0.6) is 5.75 Å². The summed E-state index contributed by atoms with van der Waals surface area (Å²) < 4.78 is 5.80. The lowest BCUT2D eigenvalue weighted by molar-refractivity contribution is -0.122. The Morgan fingerprint density at radius 3 is 1.65 bits per heavy atom. The smallest absolute Gasteiger partial charge is 0.169 e. The summed E-state index contributed by atoms with van der Waals surface area (Å²) in [6.45, 7) is 16.5. The SMILES string of the molecule is CC(=O)C(C)Oc1cc(C(C)(C)C)cc(C(C)(C)C)c1. The average molecular weight is 276 g/mol. The summed E-state index contributed by atoms with van der Waals surface area (Å²) >= 11 is 0. The van der Waals surface area contributed by atoms with Crippen molar-refractivity contribution < 1.29 is 9.53 Å². The molecule has 0 N–H and O–H groups in total. The van der Waals surface area contributed by atoms with Crippen LogP contribution in [-0.2, 0) is 15.6 Å². The first-order chi connectivity index (χ1) is 8.91. The zero-order valence-corrected chi connectivity index (χ0v) is 14.1. The van der Waals surface area contributed by atoms with Crippen LogP contribution in [0.15, 0.2) is 18.2 Å². The predicted octanol–water partition coefficient (Wildman–Crippen LogP) is 4.64. The minimum absolute atomic E-state index is 0.0449. The van der Waals surface area contributed by atoms with Gasteiger partial charge in [-0.2, -0.15) is 0 Å². The van der Waals surface area contributed by atoms with Crippen molar-refractivity contribution in [2.45, 2.75) is 72.3 Å². The number of benzene rings is 1. The minimum Gasteiger partial charge on any atom is -0.483 e. The molecule has 0 fully saturated rings. The van der Waals surface area contributed by atoms with E-state index in [-0.39, 0.29) is 16.6 Å². The molecule has 0 aliphatic rings. The van der Waals surface area contributed by atoms with Gasteiger partial charge in [-0.3, -0.25) is 4.79 Å². The molecular weight excluding hydrogens is 248 g/mol. The molecule has 20 heavy (non-hydrogen) atoms. The Bertz CT molecular complexity index is 455. The van der Waals surface area contributed by atoms with Gasteiger partial charge in [0.2, 0.25) is 0 Å². The maximum atomic E-state index is 11.4. The van der Waals surface area contributed by atoms with E-state index in [0.29, 0.717) is 0 Å². The number of hydrogen-bond donors (Lipinski definition) is 0. The van der Waals surface area contributed by atoms with Crippen molar-refractivity contribution in [3.05, 3.63) is 29.3 Å². The Kier molecular flexibility index (Phi) is 4.68. The zero-order chi connectivity index (χ0) is 15.7. The van der Waals surface area contributed by atoms with Crippen molar-refractivity contribution in [1.29, 1.82) is 0 Å². The van der Waals surface area contributed by atoms with Gasteiger partial charge in [-0.25, -0.2) is 0 Å². The lowest BCUT2D eigenvalue weighted by Crippen LogP contribution is -2.22. The first-order valence-electron chi connectivity index (χ1n) is 7.24. The van der Waals surface area contributed by atoms with Gasteiger partial charge in [-0.1, -0.05) is 47.6 Å². The zero-order valence-electron chi connectivity index (χ0n) is 14.1. The molecule has 0 heterocycles. The van der Waals surface area contributed by atoms with Crippen LogP contribution in [-0.4, -0.2) is 11.9 Å². The largest absolute Gasteiger partial charge is 0.483 e. The Labute approximate surface area is 123 Å². The van der Waals surface area contributed by atoms with E-state index >= 15 is 0 Å². The monoisotopic (exact) mass is 276 g/mol. The van der Waals surface area contributed by atoms with Gasteiger partial charge in [0.15, 0.2) is 11.9 Å². The first-order valence-corrected chi connectivity index (χ1v) is 7.24. The van der Waals surface area contributed by atoms with Crippen LogP contribution in [0.2, 0.25) is 0 Å². The van der Waals surface area contributed by atoms with E-state index in [1.54, 1.807) is 13.8 Å². The molecule has 1 atom stereocenters. The van der Waals surface area contributed by atoms with E-state index < -0.39 is 6.10 Å². The first kappa shape index (κ1) is 16.7. The van der Waals surface area contributed by atoms with Gasteiger partial charge >= 0.3 is 0 Å². The minimum atomic E-state index is -0.405. The Balaban J connectivity index is 3.28. The van der Waals surface area contributed by atoms with Gasteiger partial charge in [-0.15, -0.1) is 0 Å². The third-order valence-electron chi connectivity index (χ3n) is 3.52. The van der Waals surface area contributed by atoms with Crippen LogP contribution in [0.1, 0.15) is 66.5 Å². The van der Waals surface area contributed by atoms with Crippen LogP contribution in [0.25, 0.3) is 0 Å². The Morgan fingerprint density at radius 2 is 1.35 bits per heavy atom. The lowest BCUT2D eigenvalue weighted by Gasteiger charge is -2.26. The van der Waals surface area contributed by atoms with E-state index in [0.717, 1.165) is 5.75 Å². The van der Waals surface area contributed by atoms with Crippen molar-refractivity contribution in [1.82, 2.24) is 0 Å². The molecule has 1 unspecified atom stereocenters. The number of hydrogen-bond acceptors (Lipinski definition) is 2. The molecule has 0 bridgehead atoms. The third kappa shape index (κ3) is 4.36. The molecular formula is C18H28O2. The van der Waals surface area contributed by atoms with Crippen molar-refractivity contribution in [3.63, 3.8) is 0 Å². The summed E-state index contributed by atoms with van der Waals surface area (Å²) in [5, 5.41) is 0. The number of Topliss-reactive ketones (excluding diaryl/α,β-unsaturated/α-hetero) is 1. The summed E-state index contributed by atoms with van der Waals surface area (Å²) in [5.41, 5.74) is 2.57. The van der Waals surface area contributed by atoms with Gasteiger partial charge in [0.1, 0.15) is 5.75 Å². The number of carbonyl (C=O) groups is 1. The lowest BCUT2D eigenvalue weighted by atomic mass is 9.80. The normalized spacial score (nSPS) is 14.0. The number of ether oxygens (including phenoxy) is 1. The summed E-state index contributed by atoms with van der Waals surface area (Å²) in [6, 6.07) is 6.34. The summed E-state index contributed by atoms with van der Waals surface area (Å²) in [7, 11) is 0. The fourth-order valence-electron chi connectivity index (χ4n) is 1.82. The Morgan fingerprint density at radius 1 is 0.950 bits per heavy atom. The molecule has 2 nitrogen and oxygen atoms in total. The van der Waals surface area contributed by atoms with E-state index in [9.17, 15) is 4.79 Å². The van der Waals surface area contributed by atoms with Crippen molar-refractivity contribution in [3.8, 4) is 5.75 Å². The van der Waals surface area contributed by atoms with Gasteiger partial charge in [0.05, 0.1) is 0 Å². The van der Waals surface area contributed by atoms with E-state index in [4.69, 9.17) is 4.74 Å². The fourth-order valence-corrected chi connectivity index (χ4v) is 1.82. The van der Waals surface area contributed by atoms with Crippen LogP contribution in [0.3, 0.4) is 0 Å². The van der Waals surface area contributed by atoms with E-state index in [2.05, 4.69) is 59.7 Å². The molecule has 112 valence electrons. The second-order valence-electron chi connectivity index (χ2n) is 7.62. The maximum absolute atomic E-state index is 11.4. The summed E-state index contributed by atoms with van der Waals surface area (Å²) in [6.07, 6.45) is -0.405. The second-order valence-corrected chi connectivity index (χ2v) is 7.62. The average Bonchev–Trinajstić information content (AvgIpc) is 2.26. The summed E-state index contributed by atoms with van der Waals surface area (Å²) in [5.74, 6) is 0.827. The molecule has 0 saturated heterocycles. The molecule has 2 heteroatoms. The molecule has 0 amide bonds. The van der Waals surface area contributed by atoms with E-state index in [1.165, 1.54) is 11.1 Å². The van der Waals surface area contributed by atoms with Gasteiger partial charge < -0.3 is 4.74 Å². The van der Waals surface area contributed by atoms with E-state index in [1.807, 2.05) is 0 Å². The van der Waals surface area contributed by atoms with Gasteiger partial charge in [0.25, 0.3) is 0 Å². The van der Waals surface area contributed by atoms with Crippen molar-refractivity contribution >= 4 is 5.78 Å². The highest BCUT2D eigenvalue weighted by atomic mass is 16.5. The quantitative estimate of drug-likeness (QED) is 0.804. The highest BCUT2D eigenvalue weighted by molar-refractivity contribution is 5.80. The van der Waals surface area contributed by atoms with Crippen LogP contribution in [0.4, 0.5) is 0 Å². The molecule has 0 aromatic heterocycles. The topological polar surface area (TPSA) is 26.3 Å². The highest BCUT2D eigenvalue weighted by Crippen LogP contribution is 2.33. The molecule has 1 aromatic carbocycles. The molecule has 1 rings (SSSR count). The summed E-state index contributed by atoms with van der Waals surface area (Å²) in [4.78, 5) is 11.4. The maximum Gasteiger partial charge on any atom is 0.169 e. The standard InChI is InChI=1S/C18H28O2/c1-12(19)13(2)20-16-10-14(17(3,4)5)9-15(11-16)18(6,7)8/h9-11,13H,1-8H3. The van der Waals surface area contributed by atoms with Crippen LogP contribution < -0.4 is 4.74 Å². The van der Waals surface area contributed by atoms with Crippen molar-refractivity contribution in [2.24, 2.45) is 0 Å². The number of carbonyl (C=O) groups excluding carboxylic acids is 1. The Hall–Kier alpha value is -1.31. The van der Waals surface area contributed by atoms with Gasteiger partial charge in [-0.05, 0) is 47.9 Å².